The van der Waals surface area contributed by atoms with Gasteiger partial charge in [0.05, 0.1) is 13.0 Å². The first-order valence-electron chi connectivity index (χ1n) is 6.21. The van der Waals surface area contributed by atoms with Crippen molar-refractivity contribution in [2.75, 3.05) is 26.4 Å². The zero-order valence-electron chi connectivity index (χ0n) is 10.2. The highest BCUT2D eigenvalue weighted by molar-refractivity contribution is 5.76. The molecular weight excluding hydrogens is 218 g/mol. The fourth-order valence-electron chi connectivity index (χ4n) is 2.23. The summed E-state index contributed by atoms with van der Waals surface area (Å²) in [5.41, 5.74) is 0. The van der Waals surface area contributed by atoms with Crippen LogP contribution in [0, 0.1) is 12.3 Å². The Morgan fingerprint density at radius 1 is 1.59 bits per heavy atom. The summed E-state index contributed by atoms with van der Waals surface area (Å²) in [6.45, 7) is 1.70. The van der Waals surface area contributed by atoms with Gasteiger partial charge in [-0.2, -0.15) is 0 Å². The van der Waals surface area contributed by atoms with Gasteiger partial charge < -0.3 is 14.7 Å². The minimum Gasteiger partial charge on any atom is -0.396 e. The van der Waals surface area contributed by atoms with Crippen molar-refractivity contribution in [2.45, 2.75) is 38.1 Å². The Balaban J connectivity index is 2.27. The molecule has 0 aromatic carbocycles. The van der Waals surface area contributed by atoms with E-state index in [1.165, 1.54) is 0 Å². The minimum absolute atomic E-state index is 0.141. The molecule has 1 heterocycles. The average molecular weight is 239 g/mol. The molecule has 4 heteroatoms. The van der Waals surface area contributed by atoms with E-state index in [0.29, 0.717) is 19.1 Å². The van der Waals surface area contributed by atoms with Crippen LogP contribution < -0.4 is 0 Å². The van der Waals surface area contributed by atoms with Crippen LogP contribution in [0.15, 0.2) is 0 Å². The molecule has 0 bridgehead atoms. The van der Waals surface area contributed by atoms with E-state index in [1.54, 1.807) is 0 Å². The zero-order valence-corrected chi connectivity index (χ0v) is 10.2. The molecule has 0 aromatic rings. The number of likely N-dealkylation sites (tertiary alicyclic amines) is 1. The van der Waals surface area contributed by atoms with Crippen LogP contribution >= 0.6 is 0 Å². The maximum Gasteiger partial charge on any atom is 0.225 e. The number of hydrogen-bond acceptors (Lipinski definition) is 3. The molecule has 1 rings (SSSR count). The Hall–Kier alpha value is -1.05. The Morgan fingerprint density at radius 3 is 3.12 bits per heavy atom. The van der Waals surface area contributed by atoms with E-state index in [-0.39, 0.29) is 19.1 Å². The number of rotatable bonds is 7. The number of hydrogen-bond donors (Lipinski definition) is 1. The van der Waals surface area contributed by atoms with Gasteiger partial charge in [0, 0.05) is 19.2 Å². The van der Waals surface area contributed by atoms with Gasteiger partial charge in [-0.05, 0) is 25.7 Å². The van der Waals surface area contributed by atoms with E-state index in [0.717, 1.165) is 32.2 Å². The molecule has 96 valence electrons. The predicted octanol–water partition coefficient (Wildman–Crippen LogP) is 0.790. The highest BCUT2D eigenvalue weighted by Gasteiger charge is 2.27. The summed E-state index contributed by atoms with van der Waals surface area (Å²) < 4.78 is 5.11. The minimum atomic E-state index is 0.141. The van der Waals surface area contributed by atoms with Gasteiger partial charge in [0.15, 0.2) is 0 Å². The fourth-order valence-corrected chi connectivity index (χ4v) is 2.23. The smallest absolute Gasteiger partial charge is 0.225 e. The molecule has 1 unspecified atom stereocenters. The standard InChI is InChI=1S/C13H21NO3/c1-2-10-17-11-7-13(16)14-8-3-5-12(14)6-4-9-15/h1,12,15H,3-11H2. The van der Waals surface area contributed by atoms with Crippen molar-refractivity contribution in [2.24, 2.45) is 0 Å². The van der Waals surface area contributed by atoms with Crippen molar-refractivity contribution in [3.05, 3.63) is 0 Å². The molecule has 1 aliphatic rings. The van der Waals surface area contributed by atoms with Crippen LogP contribution in [-0.2, 0) is 9.53 Å². The molecular formula is C13H21NO3. The van der Waals surface area contributed by atoms with E-state index >= 15 is 0 Å². The quantitative estimate of drug-likeness (QED) is 0.528. The number of aliphatic hydroxyl groups is 1. The second-order valence-electron chi connectivity index (χ2n) is 4.26. The van der Waals surface area contributed by atoms with Gasteiger partial charge in [0.2, 0.25) is 5.91 Å². The van der Waals surface area contributed by atoms with Crippen LogP contribution in [0.25, 0.3) is 0 Å². The van der Waals surface area contributed by atoms with E-state index < -0.39 is 0 Å². The maximum absolute atomic E-state index is 11.9. The number of aliphatic hydroxyl groups excluding tert-OH is 1. The van der Waals surface area contributed by atoms with Gasteiger partial charge in [-0.1, -0.05) is 5.92 Å². The second-order valence-corrected chi connectivity index (χ2v) is 4.26. The van der Waals surface area contributed by atoms with Crippen molar-refractivity contribution >= 4 is 5.91 Å². The second kappa shape index (κ2) is 8.10. The fraction of sp³-hybridized carbons (Fsp3) is 0.769. The van der Waals surface area contributed by atoms with Gasteiger partial charge >= 0.3 is 0 Å². The first-order valence-corrected chi connectivity index (χ1v) is 6.21. The zero-order chi connectivity index (χ0) is 12.5. The first-order chi connectivity index (χ1) is 8.29. The number of nitrogens with zero attached hydrogens (tertiary/aromatic N) is 1. The third kappa shape index (κ3) is 4.76. The molecule has 17 heavy (non-hydrogen) atoms. The maximum atomic E-state index is 11.9. The molecule has 1 fully saturated rings. The predicted molar refractivity (Wildman–Crippen MR) is 65.3 cm³/mol. The van der Waals surface area contributed by atoms with Gasteiger partial charge in [-0.25, -0.2) is 0 Å². The van der Waals surface area contributed by atoms with Crippen LogP contribution in [0.2, 0.25) is 0 Å². The van der Waals surface area contributed by atoms with Crippen LogP contribution in [0.1, 0.15) is 32.1 Å². The molecule has 1 N–H and O–H groups in total. The summed E-state index contributed by atoms with van der Waals surface area (Å²) in [6.07, 6.45) is 9.23. The van der Waals surface area contributed by atoms with Crippen molar-refractivity contribution in [1.29, 1.82) is 0 Å². The molecule has 0 spiro atoms. The topological polar surface area (TPSA) is 49.8 Å². The highest BCUT2D eigenvalue weighted by atomic mass is 16.5. The monoisotopic (exact) mass is 239 g/mol. The van der Waals surface area contributed by atoms with Crippen LogP contribution in [0.4, 0.5) is 0 Å². The molecule has 1 aliphatic heterocycles. The largest absolute Gasteiger partial charge is 0.396 e. The van der Waals surface area contributed by atoms with Gasteiger partial charge in [0.1, 0.15) is 6.61 Å². The molecule has 1 amide bonds. The van der Waals surface area contributed by atoms with Crippen molar-refractivity contribution in [3.8, 4) is 12.3 Å². The Kier molecular flexibility index (Phi) is 6.68. The lowest BCUT2D eigenvalue weighted by molar-refractivity contribution is -0.133. The molecule has 0 aromatic heterocycles. The van der Waals surface area contributed by atoms with Gasteiger partial charge in [-0.3, -0.25) is 4.79 Å². The summed E-state index contributed by atoms with van der Waals surface area (Å²) in [5.74, 6) is 2.51. The van der Waals surface area contributed by atoms with Crippen LogP contribution in [-0.4, -0.2) is 48.3 Å². The molecule has 0 aliphatic carbocycles. The number of amides is 1. The molecule has 0 radical (unpaired) electrons. The summed E-state index contributed by atoms with van der Waals surface area (Å²) in [6, 6.07) is 0.308. The lowest BCUT2D eigenvalue weighted by Crippen LogP contribution is -2.36. The molecule has 0 saturated carbocycles. The van der Waals surface area contributed by atoms with Gasteiger partial charge in [-0.15, -0.1) is 6.42 Å². The van der Waals surface area contributed by atoms with E-state index in [4.69, 9.17) is 16.3 Å². The Bertz CT molecular complexity index is 272. The molecule has 1 atom stereocenters. The van der Waals surface area contributed by atoms with Gasteiger partial charge in [0.25, 0.3) is 0 Å². The number of terminal acetylenes is 1. The molecule has 4 nitrogen and oxygen atoms in total. The summed E-state index contributed by atoms with van der Waals surface area (Å²) in [4.78, 5) is 13.8. The van der Waals surface area contributed by atoms with Crippen LogP contribution in [0.5, 0.6) is 0 Å². The highest BCUT2D eigenvalue weighted by Crippen LogP contribution is 2.21. The molecule has 1 saturated heterocycles. The summed E-state index contributed by atoms with van der Waals surface area (Å²) in [5, 5.41) is 8.81. The number of ether oxygens (including phenoxy) is 1. The number of carbonyl (C=O) groups excluding carboxylic acids is 1. The van der Waals surface area contributed by atoms with Crippen LogP contribution in [0.3, 0.4) is 0 Å². The van der Waals surface area contributed by atoms with E-state index in [1.807, 2.05) is 4.90 Å². The normalized spacial score (nSPS) is 19.3. The van der Waals surface area contributed by atoms with E-state index in [9.17, 15) is 4.79 Å². The average Bonchev–Trinajstić information content (AvgIpc) is 2.80. The van der Waals surface area contributed by atoms with Crippen molar-refractivity contribution < 1.29 is 14.6 Å². The SMILES string of the molecule is C#CCOCCC(=O)N1CCCC1CCCO. The van der Waals surface area contributed by atoms with Crippen molar-refractivity contribution in [3.63, 3.8) is 0 Å². The van der Waals surface area contributed by atoms with Crippen molar-refractivity contribution in [1.82, 2.24) is 4.90 Å². The first kappa shape index (κ1) is 14.0. The lowest BCUT2D eigenvalue weighted by atomic mass is 10.1. The number of carbonyl (C=O) groups is 1. The van der Waals surface area contributed by atoms with E-state index in [2.05, 4.69) is 5.92 Å². The summed E-state index contributed by atoms with van der Waals surface area (Å²) in [7, 11) is 0. The summed E-state index contributed by atoms with van der Waals surface area (Å²) >= 11 is 0. The third-order valence-electron chi connectivity index (χ3n) is 3.04. The Morgan fingerprint density at radius 2 is 2.41 bits per heavy atom. The lowest BCUT2D eigenvalue weighted by Gasteiger charge is -2.24. The Labute approximate surface area is 103 Å². The third-order valence-corrected chi connectivity index (χ3v) is 3.04.